The van der Waals surface area contributed by atoms with Crippen LogP contribution in [0, 0.1) is 0 Å². The second-order valence-electron chi connectivity index (χ2n) is 4.34. The quantitative estimate of drug-likeness (QED) is 0.824. The predicted octanol–water partition coefficient (Wildman–Crippen LogP) is 0.937. The third-order valence-corrected chi connectivity index (χ3v) is 4.34. The Morgan fingerprint density at radius 3 is 2.12 bits per heavy atom. The van der Waals surface area contributed by atoms with Crippen LogP contribution < -0.4 is 0 Å². The fraction of sp³-hybridized carbons (Fsp3) is 0.500. The van der Waals surface area contributed by atoms with Gasteiger partial charge in [-0.05, 0) is 23.6 Å². The predicted molar refractivity (Wildman–Crippen MR) is 65.7 cm³/mol. The van der Waals surface area contributed by atoms with E-state index in [0.29, 0.717) is 5.92 Å². The normalized spacial score (nSPS) is 13.9. The van der Waals surface area contributed by atoms with Gasteiger partial charge in [-0.1, -0.05) is 26.0 Å². The van der Waals surface area contributed by atoms with Crippen LogP contribution in [0.25, 0.3) is 0 Å². The van der Waals surface area contributed by atoms with E-state index in [1.54, 1.807) is 12.1 Å². The first kappa shape index (κ1) is 14.2. The minimum atomic E-state index is -3.52. The van der Waals surface area contributed by atoms with Crippen molar-refractivity contribution >= 4 is 9.84 Å². The molecule has 1 unspecified atom stereocenters. The van der Waals surface area contributed by atoms with E-state index in [9.17, 15) is 8.42 Å². The van der Waals surface area contributed by atoms with Gasteiger partial charge in [0.2, 0.25) is 0 Å². The van der Waals surface area contributed by atoms with Crippen molar-refractivity contribution in [1.82, 2.24) is 0 Å². The van der Waals surface area contributed by atoms with Crippen LogP contribution in [-0.2, 0) is 9.84 Å². The maximum Gasteiger partial charge on any atom is 0.180 e. The van der Waals surface area contributed by atoms with Gasteiger partial charge in [0, 0.05) is 0 Å². The third-order valence-electron chi connectivity index (χ3n) is 2.53. The molecule has 1 aromatic rings. The Labute approximate surface area is 102 Å². The highest BCUT2D eigenvalue weighted by molar-refractivity contribution is 7.91. The zero-order valence-corrected chi connectivity index (χ0v) is 10.8. The van der Waals surface area contributed by atoms with Crippen molar-refractivity contribution in [3.8, 4) is 0 Å². The maximum absolute atomic E-state index is 11.8. The van der Waals surface area contributed by atoms with Gasteiger partial charge in [0.1, 0.15) is 0 Å². The molecule has 0 aliphatic heterocycles. The molecule has 1 rings (SSSR count). The van der Waals surface area contributed by atoms with E-state index in [0.717, 1.165) is 5.56 Å². The average Bonchev–Trinajstić information content (AvgIpc) is 2.28. The second kappa shape index (κ2) is 5.62. The molecule has 0 radical (unpaired) electrons. The number of benzene rings is 1. The molecule has 0 heterocycles. The fourth-order valence-electron chi connectivity index (χ4n) is 1.46. The van der Waals surface area contributed by atoms with Crippen LogP contribution in [0.5, 0.6) is 0 Å². The number of aliphatic hydroxyl groups is 2. The van der Waals surface area contributed by atoms with Gasteiger partial charge < -0.3 is 10.2 Å². The fourth-order valence-corrected chi connectivity index (χ4v) is 2.82. The van der Waals surface area contributed by atoms with Gasteiger partial charge in [0.25, 0.3) is 0 Å². The topological polar surface area (TPSA) is 74.6 Å². The van der Waals surface area contributed by atoms with Crippen LogP contribution in [0.2, 0.25) is 0 Å². The molecule has 0 spiro atoms. The second-order valence-corrected chi connectivity index (χ2v) is 6.38. The summed E-state index contributed by atoms with van der Waals surface area (Å²) < 4.78 is 23.6. The zero-order chi connectivity index (χ0) is 13.1. The Morgan fingerprint density at radius 1 is 1.18 bits per heavy atom. The number of hydrogen-bond donors (Lipinski definition) is 2. The summed E-state index contributed by atoms with van der Waals surface area (Å²) in [6.07, 6.45) is -1.23. The van der Waals surface area contributed by atoms with E-state index in [1.807, 2.05) is 13.8 Å². The summed E-state index contributed by atoms with van der Waals surface area (Å²) in [5.41, 5.74) is 1.06. The van der Waals surface area contributed by atoms with E-state index in [1.165, 1.54) is 12.1 Å². The molecule has 1 aromatic carbocycles. The summed E-state index contributed by atoms with van der Waals surface area (Å²) in [5.74, 6) is -0.111. The van der Waals surface area contributed by atoms with E-state index in [-0.39, 0.29) is 4.90 Å². The Hall–Kier alpha value is -0.910. The Balaban J connectivity index is 2.92. The zero-order valence-electron chi connectivity index (χ0n) is 10.00. The minimum Gasteiger partial charge on any atom is -0.394 e. The van der Waals surface area contributed by atoms with Crippen molar-refractivity contribution < 1.29 is 18.6 Å². The van der Waals surface area contributed by atoms with Crippen LogP contribution >= 0.6 is 0 Å². The van der Waals surface area contributed by atoms with Crippen molar-refractivity contribution in [3.63, 3.8) is 0 Å². The molecule has 0 aliphatic rings. The van der Waals surface area contributed by atoms with Gasteiger partial charge >= 0.3 is 0 Å². The van der Waals surface area contributed by atoms with Crippen LogP contribution in [0.3, 0.4) is 0 Å². The lowest BCUT2D eigenvalue weighted by Crippen LogP contribution is -2.24. The first-order valence-electron chi connectivity index (χ1n) is 5.48. The summed E-state index contributed by atoms with van der Waals surface area (Å²) in [7, 11) is -3.52. The van der Waals surface area contributed by atoms with Gasteiger partial charge in [-0.25, -0.2) is 8.42 Å². The van der Waals surface area contributed by atoms with Gasteiger partial charge in [0.05, 0.1) is 23.4 Å². The molecule has 0 aromatic heterocycles. The Bertz CT molecular complexity index is 448. The molecule has 1 atom stereocenters. The van der Waals surface area contributed by atoms with E-state index < -0.39 is 28.3 Å². The number of rotatable bonds is 5. The Kier molecular flexibility index (Phi) is 4.68. The molecule has 0 amide bonds. The van der Waals surface area contributed by atoms with E-state index >= 15 is 0 Å². The van der Waals surface area contributed by atoms with E-state index in [2.05, 4.69) is 0 Å². The van der Waals surface area contributed by atoms with Crippen LogP contribution in [-0.4, -0.2) is 37.1 Å². The molecule has 96 valence electrons. The first-order chi connectivity index (χ1) is 7.86. The molecule has 0 saturated carbocycles. The molecule has 2 N–H and O–H groups in total. The maximum atomic E-state index is 11.8. The lowest BCUT2D eigenvalue weighted by atomic mass is 10.0. The largest absolute Gasteiger partial charge is 0.394 e. The summed E-state index contributed by atoms with van der Waals surface area (Å²) >= 11 is 0. The van der Waals surface area contributed by atoms with Crippen LogP contribution in [0.15, 0.2) is 29.2 Å². The van der Waals surface area contributed by atoms with Crippen molar-refractivity contribution in [2.75, 3.05) is 12.4 Å². The van der Waals surface area contributed by atoms with Crippen molar-refractivity contribution in [2.45, 2.75) is 30.8 Å². The molecular formula is C12H18O4S. The molecule has 0 saturated heterocycles. The van der Waals surface area contributed by atoms with Crippen molar-refractivity contribution in [1.29, 1.82) is 0 Å². The first-order valence-corrected chi connectivity index (χ1v) is 7.13. The molecule has 0 bridgehead atoms. The van der Waals surface area contributed by atoms with Gasteiger partial charge in [-0.2, -0.15) is 0 Å². The molecule has 17 heavy (non-hydrogen) atoms. The Morgan fingerprint density at radius 2 is 1.71 bits per heavy atom. The SMILES string of the molecule is CC(C)c1ccc(S(=O)(=O)CC(O)CO)cc1. The highest BCUT2D eigenvalue weighted by Gasteiger charge is 2.19. The molecular weight excluding hydrogens is 240 g/mol. The van der Waals surface area contributed by atoms with E-state index in [4.69, 9.17) is 10.2 Å². The van der Waals surface area contributed by atoms with Crippen molar-refractivity contribution in [3.05, 3.63) is 29.8 Å². The highest BCUT2D eigenvalue weighted by atomic mass is 32.2. The van der Waals surface area contributed by atoms with Crippen molar-refractivity contribution in [2.24, 2.45) is 0 Å². The molecule has 5 heteroatoms. The standard InChI is InChI=1S/C12H18O4S/c1-9(2)10-3-5-12(6-4-10)17(15,16)8-11(14)7-13/h3-6,9,11,13-14H,7-8H2,1-2H3. The lowest BCUT2D eigenvalue weighted by molar-refractivity contribution is 0.112. The summed E-state index contributed by atoms with van der Waals surface area (Å²) in [6, 6.07) is 6.61. The molecule has 0 aliphatic carbocycles. The van der Waals surface area contributed by atoms with Gasteiger partial charge in [0.15, 0.2) is 9.84 Å². The summed E-state index contributed by atoms with van der Waals surface area (Å²) in [4.78, 5) is 0.175. The smallest absolute Gasteiger partial charge is 0.180 e. The van der Waals surface area contributed by atoms with Gasteiger partial charge in [-0.15, -0.1) is 0 Å². The molecule has 0 fully saturated rings. The van der Waals surface area contributed by atoms with Crippen LogP contribution in [0.4, 0.5) is 0 Å². The number of aliphatic hydroxyl groups excluding tert-OH is 2. The summed E-state index contributed by atoms with van der Waals surface area (Å²) in [5, 5.41) is 17.8. The number of hydrogen-bond acceptors (Lipinski definition) is 4. The lowest BCUT2D eigenvalue weighted by Gasteiger charge is -2.10. The van der Waals surface area contributed by atoms with Gasteiger partial charge in [-0.3, -0.25) is 0 Å². The monoisotopic (exact) mass is 258 g/mol. The third kappa shape index (κ3) is 3.80. The minimum absolute atomic E-state index is 0.175. The summed E-state index contributed by atoms with van der Waals surface area (Å²) in [6.45, 7) is 3.50. The number of sulfone groups is 1. The molecule has 4 nitrogen and oxygen atoms in total. The average molecular weight is 258 g/mol. The van der Waals surface area contributed by atoms with Crippen LogP contribution in [0.1, 0.15) is 25.3 Å². The highest BCUT2D eigenvalue weighted by Crippen LogP contribution is 2.18.